The van der Waals surface area contributed by atoms with Crippen LogP contribution >= 0.6 is 15.9 Å². The number of benzene rings is 1. The fourth-order valence-corrected chi connectivity index (χ4v) is 5.02. The van der Waals surface area contributed by atoms with Gasteiger partial charge < -0.3 is 10.2 Å². The van der Waals surface area contributed by atoms with E-state index in [0.29, 0.717) is 6.42 Å². The van der Waals surface area contributed by atoms with Crippen LogP contribution in [-0.2, 0) is 10.0 Å². The van der Waals surface area contributed by atoms with Gasteiger partial charge in [-0.2, -0.15) is 4.31 Å². The van der Waals surface area contributed by atoms with Gasteiger partial charge in [-0.1, -0.05) is 13.3 Å². The average molecular weight is 378 g/mol. The minimum absolute atomic E-state index is 0.00560. The SMILES string of the molecule is CCCC1(O)CN(S(=O)(=O)c2ccc(C(=O)O)cc2Br)C1. The number of hydrogen-bond acceptors (Lipinski definition) is 4. The average Bonchev–Trinajstić information content (AvgIpc) is 2.35. The molecule has 21 heavy (non-hydrogen) atoms. The van der Waals surface area contributed by atoms with Crippen molar-refractivity contribution in [3.05, 3.63) is 28.2 Å². The Morgan fingerprint density at radius 1 is 1.43 bits per heavy atom. The monoisotopic (exact) mass is 377 g/mol. The smallest absolute Gasteiger partial charge is 0.335 e. The maximum atomic E-state index is 12.4. The molecule has 1 aromatic rings. The van der Waals surface area contributed by atoms with Crippen molar-refractivity contribution in [1.29, 1.82) is 0 Å². The van der Waals surface area contributed by atoms with Crippen molar-refractivity contribution < 1.29 is 23.4 Å². The number of hydrogen-bond donors (Lipinski definition) is 2. The molecule has 1 fully saturated rings. The third-order valence-electron chi connectivity index (χ3n) is 3.45. The Morgan fingerprint density at radius 3 is 2.52 bits per heavy atom. The molecule has 0 unspecified atom stereocenters. The third kappa shape index (κ3) is 3.13. The molecule has 0 amide bonds. The molecule has 0 atom stereocenters. The molecule has 1 saturated heterocycles. The summed E-state index contributed by atoms with van der Waals surface area (Å²) < 4.78 is 26.3. The molecule has 0 bridgehead atoms. The molecule has 2 rings (SSSR count). The highest BCUT2D eigenvalue weighted by Gasteiger charge is 2.46. The maximum Gasteiger partial charge on any atom is 0.335 e. The molecule has 1 aliphatic heterocycles. The summed E-state index contributed by atoms with van der Waals surface area (Å²) in [6.45, 7) is 2.06. The summed E-state index contributed by atoms with van der Waals surface area (Å²) in [6.07, 6.45) is 1.33. The predicted molar refractivity (Wildman–Crippen MR) is 79.7 cm³/mol. The second kappa shape index (κ2) is 5.68. The number of rotatable bonds is 5. The molecule has 0 aliphatic carbocycles. The first-order chi connectivity index (χ1) is 9.69. The van der Waals surface area contributed by atoms with E-state index in [9.17, 15) is 18.3 Å². The van der Waals surface area contributed by atoms with Gasteiger partial charge in [-0.3, -0.25) is 0 Å². The van der Waals surface area contributed by atoms with E-state index in [2.05, 4.69) is 15.9 Å². The Kier molecular flexibility index (Phi) is 4.44. The first-order valence-electron chi connectivity index (χ1n) is 6.45. The zero-order valence-electron chi connectivity index (χ0n) is 11.4. The van der Waals surface area contributed by atoms with Gasteiger partial charge in [-0.05, 0) is 40.5 Å². The molecular weight excluding hydrogens is 362 g/mol. The second-order valence-electron chi connectivity index (χ2n) is 5.20. The quantitative estimate of drug-likeness (QED) is 0.813. The van der Waals surface area contributed by atoms with E-state index < -0.39 is 21.6 Å². The van der Waals surface area contributed by atoms with E-state index in [-0.39, 0.29) is 28.0 Å². The van der Waals surface area contributed by atoms with Crippen LogP contribution in [0.3, 0.4) is 0 Å². The zero-order valence-corrected chi connectivity index (χ0v) is 13.8. The van der Waals surface area contributed by atoms with Crippen LogP contribution in [0.5, 0.6) is 0 Å². The molecule has 116 valence electrons. The van der Waals surface area contributed by atoms with E-state index in [1.807, 2.05) is 6.92 Å². The normalized spacial score (nSPS) is 18.2. The highest BCUT2D eigenvalue weighted by Crippen LogP contribution is 2.34. The van der Waals surface area contributed by atoms with E-state index in [4.69, 9.17) is 5.11 Å². The highest BCUT2D eigenvalue weighted by molar-refractivity contribution is 9.10. The van der Waals surface area contributed by atoms with Crippen molar-refractivity contribution >= 4 is 31.9 Å². The summed E-state index contributed by atoms with van der Waals surface area (Å²) >= 11 is 3.10. The van der Waals surface area contributed by atoms with Gasteiger partial charge in [0.1, 0.15) is 0 Å². The second-order valence-corrected chi connectivity index (χ2v) is 7.96. The van der Waals surface area contributed by atoms with Crippen LogP contribution in [0, 0.1) is 0 Å². The number of carboxylic acids is 1. The van der Waals surface area contributed by atoms with Gasteiger partial charge in [0.25, 0.3) is 0 Å². The largest absolute Gasteiger partial charge is 0.478 e. The number of halogens is 1. The summed E-state index contributed by atoms with van der Waals surface area (Å²) in [7, 11) is -3.73. The molecule has 6 nitrogen and oxygen atoms in total. The Labute approximate surface area is 131 Å². The molecule has 0 saturated carbocycles. The summed E-state index contributed by atoms with van der Waals surface area (Å²) in [5.41, 5.74) is -0.943. The van der Waals surface area contributed by atoms with Crippen LogP contribution in [0.1, 0.15) is 30.1 Å². The van der Waals surface area contributed by atoms with Crippen LogP contribution in [0.4, 0.5) is 0 Å². The van der Waals surface area contributed by atoms with E-state index in [1.165, 1.54) is 22.5 Å². The lowest BCUT2D eigenvalue weighted by molar-refractivity contribution is -0.0653. The number of β-amino-alcohol motifs (C(OH)–C–C–N with tert-alkyl or cyclic N) is 1. The maximum absolute atomic E-state index is 12.4. The van der Waals surface area contributed by atoms with E-state index in [0.717, 1.165) is 6.42 Å². The van der Waals surface area contributed by atoms with Gasteiger partial charge in [0, 0.05) is 17.6 Å². The van der Waals surface area contributed by atoms with Crippen molar-refractivity contribution in [2.75, 3.05) is 13.1 Å². The van der Waals surface area contributed by atoms with Crippen molar-refractivity contribution in [2.24, 2.45) is 0 Å². The molecule has 0 aromatic heterocycles. The minimum Gasteiger partial charge on any atom is -0.478 e. The minimum atomic E-state index is -3.73. The van der Waals surface area contributed by atoms with E-state index >= 15 is 0 Å². The first kappa shape index (κ1) is 16.4. The van der Waals surface area contributed by atoms with Crippen LogP contribution in [0.15, 0.2) is 27.6 Å². The number of sulfonamides is 1. The lowest BCUT2D eigenvalue weighted by atomic mass is 9.92. The molecule has 2 N–H and O–H groups in total. The Morgan fingerprint density at radius 2 is 2.05 bits per heavy atom. The zero-order chi connectivity index (χ0) is 15.8. The van der Waals surface area contributed by atoms with Gasteiger partial charge in [0.05, 0.1) is 16.1 Å². The lowest BCUT2D eigenvalue weighted by Crippen LogP contribution is -2.63. The molecular formula is C13H16BrNO5S. The van der Waals surface area contributed by atoms with Crippen LogP contribution in [0.2, 0.25) is 0 Å². The van der Waals surface area contributed by atoms with Crippen LogP contribution in [0.25, 0.3) is 0 Å². The molecule has 1 aromatic carbocycles. The number of carboxylic acid groups (broad SMARTS) is 1. The third-order valence-corrected chi connectivity index (χ3v) is 6.22. The van der Waals surface area contributed by atoms with Crippen molar-refractivity contribution in [3.8, 4) is 0 Å². The Balaban J connectivity index is 2.24. The summed E-state index contributed by atoms with van der Waals surface area (Å²) in [5.74, 6) is -1.12. The van der Waals surface area contributed by atoms with Crippen LogP contribution < -0.4 is 0 Å². The molecule has 8 heteroatoms. The van der Waals surface area contributed by atoms with Gasteiger partial charge in [-0.25, -0.2) is 13.2 Å². The summed E-state index contributed by atoms with van der Waals surface area (Å²) in [5, 5.41) is 19.0. The van der Waals surface area contributed by atoms with Crippen LogP contribution in [-0.4, -0.2) is 47.6 Å². The number of nitrogens with zero attached hydrogens (tertiary/aromatic N) is 1. The number of carbonyl (C=O) groups is 1. The van der Waals surface area contributed by atoms with Gasteiger partial charge >= 0.3 is 5.97 Å². The predicted octanol–water partition coefficient (Wildman–Crippen LogP) is 1.68. The number of aromatic carboxylic acids is 1. The van der Waals surface area contributed by atoms with Crippen molar-refractivity contribution in [3.63, 3.8) is 0 Å². The standard InChI is InChI=1S/C13H16BrNO5S/c1-2-5-13(18)7-15(8-13)21(19,20)11-4-3-9(12(16)17)6-10(11)14/h3-4,6,18H,2,5,7-8H2,1H3,(H,16,17). The fourth-order valence-electron chi connectivity index (χ4n) is 2.39. The first-order valence-corrected chi connectivity index (χ1v) is 8.68. The summed E-state index contributed by atoms with van der Waals surface area (Å²) in [4.78, 5) is 10.9. The van der Waals surface area contributed by atoms with Crippen molar-refractivity contribution in [1.82, 2.24) is 4.31 Å². The lowest BCUT2D eigenvalue weighted by Gasteiger charge is -2.45. The highest BCUT2D eigenvalue weighted by atomic mass is 79.9. The number of aliphatic hydroxyl groups is 1. The molecule has 1 aliphatic rings. The molecule has 0 spiro atoms. The van der Waals surface area contributed by atoms with Crippen molar-refractivity contribution in [2.45, 2.75) is 30.3 Å². The van der Waals surface area contributed by atoms with Gasteiger partial charge in [0.15, 0.2) is 0 Å². The summed E-state index contributed by atoms with van der Waals surface area (Å²) in [6, 6.07) is 3.77. The Bertz CT molecular complexity index is 667. The van der Waals surface area contributed by atoms with Gasteiger partial charge in [-0.15, -0.1) is 0 Å². The Hall–Kier alpha value is -0.960. The molecule has 1 heterocycles. The fraction of sp³-hybridized carbons (Fsp3) is 0.462. The topological polar surface area (TPSA) is 94.9 Å². The van der Waals surface area contributed by atoms with E-state index in [1.54, 1.807) is 0 Å². The van der Waals surface area contributed by atoms with Gasteiger partial charge in [0.2, 0.25) is 10.0 Å². The molecule has 0 radical (unpaired) electrons.